The summed E-state index contributed by atoms with van der Waals surface area (Å²) in [6.45, 7) is 13.8. The minimum Gasteiger partial charge on any atom is -0.444 e. The van der Waals surface area contributed by atoms with Crippen LogP contribution in [-0.4, -0.2) is 68.2 Å². The largest absolute Gasteiger partial charge is 0.444 e. The normalized spacial score (nSPS) is 16.0. The fraction of sp³-hybridized carbons (Fsp3) is 0.684. The zero-order valence-corrected chi connectivity index (χ0v) is 18.3. The standard InChI is InChI=1S/C19H29N5O3S/c1-12(2)15-20-21-17-24(15)13(3)14(28-17)16(25)22-8-7-9-23(11-10-22)18(26)27-19(4,5)6/h12H,7-11H2,1-6H3. The van der Waals surface area contributed by atoms with Crippen molar-refractivity contribution >= 4 is 28.3 Å². The van der Waals surface area contributed by atoms with Gasteiger partial charge >= 0.3 is 6.09 Å². The lowest BCUT2D eigenvalue weighted by Gasteiger charge is -2.26. The van der Waals surface area contributed by atoms with Gasteiger partial charge in [-0.1, -0.05) is 25.2 Å². The second kappa shape index (κ2) is 7.69. The molecule has 8 nitrogen and oxygen atoms in total. The number of aryl methyl sites for hydroxylation is 1. The minimum atomic E-state index is -0.524. The Labute approximate surface area is 169 Å². The first-order valence-corrected chi connectivity index (χ1v) is 10.5. The van der Waals surface area contributed by atoms with Crippen LogP contribution in [-0.2, 0) is 4.74 Å². The molecular weight excluding hydrogens is 378 g/mol. The van der Waals surface area contributed by atoms with Crippen LogP contribution in [0.2, 0.25) is 0 Å². The van der Waals surface area contributed by atoms with Crippen LogP contribution in [0.3, 0.4) is 0 Å². The van der Waals surface area contributed by atoms with Crippen LogP contribution in [0.15, 0.2) is 0 Å². The molecule has 0 atom stereocenters. The van der Waals surface area contributed by atoms with Crippen LogP contribution in [0, 0.1) is 6.92 Å². The topological polar surface area (TPSA) is 80.0 Å². The second-order valence-corrected chi connectivity index (χ2v) is 9.44. The van der Waals surface area contributed by atoms with E-state index in [1.165, 1.54) is 11.3 Å². The smallest absolute Gasteiger partial charge is 0.410 e. The van der Waals surface area contributed by atoms with E-state index in [0.29, 0.717) is 31.1 Å². The molecule has 2 amide bonds. The zero-order valence-electron chi connectivity index (χ0n) is 17.5. The molecule has 0 spiro atoms. The van der Waals surface area contributed by atoms with Crippen LogP contribution in [0.4, 0.5) is 4.79 Å². The van der Waals surface area contributed by atoms with Crippen molar-refractivity contribution < 1.29 is 14.3 Å². The Hall–Kier alpha value is -2.16. The molecule has 2 aromatic rings. The van der Waals surface area contributed by atoms with Gasteiger partial charge in [0.1, 0.15) is 16.3 Å². The summed E-state index contributed by atoms with van der Waals surface area (Å²) in [5, 5.41) is 8.47. The first kappa shape index (κ1) is 20.6. The number of amides is 2. The molecule has 1 fully saturated rings. The van der Waals surface area contributed by atoms with Crippen LogP contribution in [0.1, 0.15) is 68.1 Å². The highest BCUT2D eigenvalue weighted by Crippen LogP contribution is 2.27. The molecule has 3 rings (SSSR count). The second-order valence-electron chi connectivity index (χ2n) is 8.46. The molecule has 2 aromatic heterocycles. The third kappa shape index (κ3) is 4.14. The number of carbonyl (C=O) groups excluding carboxylic acids is 2. The highest BCUT2D eigenvalue weighted by Gasteiger charge is 2.29. The van der Waals surface area contributed by atoms with Crippen molar-refractivity contribution in [2.75, 3.05) is 26.2 Å². The molecule has 1 aliphatic rings. The SMILES string of the molecule is Cc1c(C(=O)N2CCCN(C(=O)OC(C)(C)C)CC2)sc2nnc(C(C)C)n12. The highest BCUT2D eigenvalue weighted by molar-refractivity contribution is 7.19. The van der Waals surface area contributed by atoms with Gasteiger partial charge in [-0.25, -0.2) is 4.79 Å². The molecule has 28 heavy (non-hydrogen) atoms. The average Bonchev–Trinajstić information content (AvgIpc) is 3.03. The number of rotatable bonds is 2. The lowest BCUT2D eigenvalue weighted by atomic mass is 10.2. The third-order valence-corrected chi connectivity index (χ3v) is 5.78. The van der Waals surface area contributed by atoms with Crippen molar-refractivity contribution in [3.8, 4) is 0 Å². The van der Waals surface area contributed by atoms with Crippen LogP contribution < -0.4 is 0 Å². The Morgan fingerprint density at radius 1 is 1.07 bits per heavy atom. The summed E-state index contributed by atoms with van der Waals surface area (Å²) in [4.78, 5) is 30.5. The number of ether oxygens (including phenoxy) is 1. The maximum Gasteiger partial charge on any atom is 0.410 e. The van der Waals surface area contributed by atoms with Crippen LogP contribution in [0.5, 0.6) is 0 Å². The minimum absolute atomic E-state index is 0.00579. The van der Waals surface area contributed by atoms with E-state index in [4.69, 9.17) is 4.74 Å². The Morgan fingerprint density at radius 3 is 2.36 bits per heavy atom. The van der Waals surface area contributed by atoms with Crippen molar-refractivity contribution in [2.24, 2.45) is 0 Å². The highest BCUT2D eigenvalue weighted by atomic mass is 32.1. The zero-order chi connectivity index (χ0) is 20.6. The molecule has 0 radical (unpaired) electrons. The Morgan fingerprint density at radius 2 is 1.71 bits per heavy atom. The van der Waals surface area contributed by atoms with Gasteiger partial charge in [0.2, 0.25) is 4.96 Å². The first-order valence-electron chi connectivity index (χ1n) is 9.70. The molecule has 9 heteroatoms. The third-order valence-electron chi connectivity index (χ3n) is 4.66. The van der Waals surface area contributed by atoms with Crippen molar-refractivity contribution in [2.45, 2.75) is 59.5 Å². The molecule has 0 bridgehead atoms. The van der Waals surface area contributed by atoms with Crippen molar-refractivity contribution in [1.29, 1.82) is 0 Å². The predicted octanol–water partition coefficient (Wildman–Crippen LogP) is 3.31. The Kier molecular flexibility index (Phi) is 5.65. The Balaban J connectivity index is 1.74. The van der Waals surface area contributed by atoms with Gasteiger partial charge < -0.3 is 14.5 Å². The summed E-state index contributed by atoms with van der Waals surface area (Å²) in [7, 11) is 0. The number of nitrogens with zero attached hydrogens (tertiary/aromatic N) is 5. The maximum atomic E-state index is 13.2. The fourth-order valence-corrected chi connectivity index (χ4v) is 4.32. The molecule has 3 heterocycles. The van der Waals surface area contributed by atoms with Crippen molar-refractivity contribution in [3.63, 3.8) is 0 Å². The van der Waals surface area contributed by atoms with E-state index in [1.54, 1.807) is 4.90 Å². The number of fused-ring (bicyclic) bond motifs is 1. The molecule has 0 N–H and O–H groups in total. The first-order chi connectivity index (χ1) is 13.1. The number of thiazole rings is 1. The van der Waals surface area contributed by atoms with Crippen molar-refractivity contribution in [1.82, 2.24) is 24.4 Å². The van der Waals surface area contributed by atoms with Crippen molar-refractivity contribution in [3.05, 3.63) is 16.4 Å². The summed E-state index contributed by atoms with van der Waals surface area (Å²) in [6.07, 6.45) is 0.408. The molecule has 0 saturated carbocycles. The van der Waals surface area contributed by atoms with Gasteiger partial charge in [-0.15, -0.1) is 10.2 Å². The van der Waals surface area contributed by atoms with E-state index < -0.39 is 5.60 Å². The fourth-order valence-electron chi connectivity index (χ4n) is 3.27. The lowest BCUT2D eigenvalue weighted by molar-refractivity contribution is 0.0255. The monoisotopic (exact) mass is 407 g/mol. The molecule has 1 aliphatic heterocycles. The molecule has 0 unspecified atom stereocenters. The van der Waals surface area contributed by atoms with Crippen LogP contribution >= 0.6 is 11.3 Å². The van der Waals surface area contributed by atoms with Gasteiger partial charge in [-0.05, 0) is 34.1 Å². The van der Waals surface area contributed by atoms with E-state index >= 15 is 0 Å². The molecule has 0 aliphatic carbocycles. The van der Waals surface area contributed by atoms with E-state index in [9.17, 15) is 9.59 Å². The molecule has 1 saturated heterocycles. The van der Waals surface area contributed by atoms with Gasteiger partial charge in [0.15, 0.2) is 0 Å². The quantitative estimate of drug-likeness (QED) is 0.763. The summed E-state index contributed by atoms with van der Waals surface area (Å²) in [6, 6.07) is 0. The number of aromatic nitrogens is 3. The predicted molar refractivity (Wildman–Crippen MR) is 108 cm³/mol. The Bertz CT molecular complexity index is 880. The molecule has 154 valence electrons. The number of hydrogen-bond donors (Lipinski definition) is 0. The van der Waals surface area contributed by atoms with Gasteiger partial charge in [-0.2, -0.15) is 0 Å². The summed E-state index contributed by atoms with van der Waals surface area (Å²) < 4.78 is 7.44. The van der Waals surface area contributed by atoms with E-state index in [0.717, 1.165) is 22.9 Å². The van der Waals surface area contributed by atoms with Crippen LogP contribution in [0.25, 0.3) is 4.96 Å². The van der Waals surface area contributed by atoms with E-state index in [2.05, 4.69) is 24.0 Å². The van der Waals surface area contributed by atoms with Gasteiger partial charge in [-0.3, -0.25) is 9.20 Å². The van der Waals surface area contributed by atoms with E-state index in [1.807, 2.05) is 37.0 Å². The van der Waals surface area contributed by atoms with Gasteiger partial charge in [0, 0.05) is 37.8 Å². The van der Waals surface area contributed by atoms with Gasteiger partial charge in [0.25, 0.3) is 5.91 Å². The maximum absolute atomic E-state index is 13.2. The number of carbonyl (C=O) groups is 2. The summed E-state index contributed by atoms with van der Waals surface area (Å²) in [5.41, 5.74) is 0.358. The average molecular weight is 408 g/mol. The summed E-state index contributed by atoms with van der Waals surface area (Å²) >= 11 is 1.38. The van der Waals surface area contributed by atoms with Gasteiger partial charge in [0.05, 0.1) is 0 Å². The lowest BCUT2D eigenvalue weighted by Crippen LogP contribution is -2.40. The number of hydrogen-bond acceptors (Lipinski definition) is 6. The van der Waals surface area contributed by atoms with E-state index in [-0.39, 0.29) is 17.9 Å². The molecule has 0 aromatic carbocycles. The molecular formula is C19H29N5O3S. The summed E-state index contributed by atoms with van der Waals surface area (Å²) in [5.74, 6) is 1.09.